The number of para-hydroxylation sites is 2. The number of fused-ring (bicyclic) bond motifs is 1. The van der Waals surface area contributed by atoms with E-state index in [0.29, 0.717) is 22.0 Å². The topological polar surface area (TPSA) is 72.7 Å². The molecule has 0 bridgehead atoms. The van der Waals surface area contributed by atoms with Crippen molar-refractivity contribution >= 4 is 34.3 Å². The van der Waals surface area contributed by atoms with Crippen LogP contribution in [-0.4, -0.2) is 15.1 Å². The summed E-state index contributed by atoms with van der Waals surface area (Å²) in [6.07, 6.45) is 1.55. The minimum atomic E-state index is 0.0586. The maximum absolute atomic E-state index is 9.82. The van der Waals surface area contributed by atoms with Crippen molar-refractivity contribution < 1.29 is 5.11 Å². The van der Waals surface area contributed by atoms with E-state index in [4.69, 9.17) is 11.6 Å². The number of hydrogen-bond donors (Lipinski definition) is 2. The van der Waals surface area contributed by atoms with E-state index >= 15 is 0 Å². The fourth-order valence-electron chi connectivity index (χ4n) is 2.03. The first-order chi connectivity index (χ1) is 10.2. The van der Waals surface area contributed by atoms with Gasteiger partial charge in [0.2, 0.25) is 0 Å². The van der Waals surface area contributed by atoms with Crippen LogP contribution in [0.5, 0.6) is 5.75 Å². The van der Waals surface area contributed by atoms with Crippen LogP contribution < -0.4 is 0 Å². The summed E-state index contributed by atoms with van der Waals surface area (Å²) in [6, 6.07) is 14.3. The van der Waals surface area contributed by atoms with E-state index < -0.39 is 0 Å². The molecule has 3 aromatic rings. The van der Waals surface area contributed by atoms with Crippen LogP contribution in [0.1, 0.15) is 11.4 Å². The Morgan fingerprint density at radius 2 is 2.10 bits per heavy atom. The molecule has 2 aromatic carbocycles. The number of H-pyrrole nitrogens is 1. The molecule has 0 fully saturated rings. The summed E-state index contributed by atoms with van der Waals surface area (Å²) in [5, 5.41) is 19.6. The number of benzene rings is 2. The first-order valence-electron chi connectivity index (χ1n) is 6.23. The number of halogens is 1. The second-order valence-corrected chi connectivity index (χ2v) is 4.91. The Morgan fingerprint density at radius 3 is 2.86 bits per heavy atom. The quantitative estimate of drug-likeness (QED) is 0.702. The molecule has 0 unspecified atom stereocenters. The molecule has 21 heavy (non-hydrogen) atoms. The zero-order valence-electron chi connectivity index (χ0n) is 10.8. The number of aromatic amines is 1. The van der Waals surface area contributed by atoms with Gasteiger partial charge in [-0.1, -0.05) is 23.7 Å². The first-order valence-corrected chi connectivity index (χ1v) is 6.60. The van der Waals surface area contributed by atoms with Gasteiger partial charge in [0.15, 0.2) is 0 Å². The molecule has 0 saturated carbocycles. The number of aromatic nitrogens is 2. The van der Waals surface area contributed by atoms with Crippen molar-refractivity contribution in [2.75, 3.05) is 0 Å². The Kier molecular flexibility index (Phi) is 3.35. The van der Waals surface area contributed by atoms with Gasteiger partial charge in [-0.05, 0) is 36.4 Å². The van der Waals surface area contributed by atoms with Crippen LogP contribution >= 0.6 is 11.6 Å². The van der Waals surface area contributed by atoms with Gasteiger partial charge in [0.05, 0.1) is 16.6 Å². The summed E-state index contributed by atoms with van der Waals surface area (Å²) in [5.74, 6) is 0.515. The van der Waals surface area contributed by atoms with E-state index in [2.05, 4.69) is 16.0 Å². The number of rotatable bonds is 2. The smallest absolute Gasteiger partial charge is 0.149 e. The third-order valence-corrected chi connectivity index (χ3v) is 3.29. The molecule has 0 radical (unpaired) electrons. The third kappa shape index (κ3) is 2.60. The lowest BCUT2D eigenvalue weighted by atomic mass is 10.1. The lowest BCUT2D eigenvalue weighted by Gasteiger charge is -2.00. The molecule has 4 nitrogen and oxygen atoms in total. The number of nitrogens with zero attached hydrogens (tertiary/aromatic N) is 2. The van der Waals surface area contributed by atoms with Crippen molar-refractivity contribution in [1.82, 2.24) is 9.97 Å². The molecule has 3 rings (SSSR count). The molecular weight excluding hydrogens is 286 g/mol. The lowest BCUT2D eigenvalue weighted by molar-refractivity contribution is 0.474. The minimum Gasteiger partial charge on any atom is -0.507 e. The molecule has 0 atom stereocenters. The average Bonchev–Trinajstić information content (AvgIpc) is 2.91. The lowest BCUT2D eigenvalue weighted by Crippen LogP contribution is -1.85. The van der Waals surface area contributed by atoms with Crippen LogP contribution in [0.2, 0.25) is 5.02 Å². The summed E-state index contributed by atoms with van der Waals surface area (Å²) in [6.45, 7) is 0. The average molecular weight is 296 g/mol. The summed E-state index contributed by atoms with van der Waals surface area (Å²) in [7, 11) is 0. The number of phenols is 1. The number of nitrogens with one attached hydrogen (secondary N) is 1. The Hall–Kier alpha value is -2.77. The van der Waals surface area contributed by atoms with Crippen molar-refractivity contribution in [2.45, 2.75) is 0 Å². The SMILES string of the molecule is N#CC(=Cc1cc(Cl)ccc1O)c1nc2ccccc2[nH]1. The van der Waals surface area contributed by atoms with Crippen molar-refractivity contribution in [3.8, 4) is 11.8 Å². The normalized spacial score (nSPS) is 11.5. The number of nitriles is 1. The number of allylic oxidation sites excluding steroid dienone is 1. The Labute approximate surface area is 125 Å². The maximum atomic E-state index is 9.82. The number of phenolic OH excluding ortho intramolecular Hbond substituents is 1. The van der Waals surface area contributed by atoms with Gasteiger partial charge in [-0.15, -0.1) is 0 Å². The van der Waals surface area contributed by atoms with Gasteiger partial charge >= 0.3 is 0 Å². The van der Waals surface area contributed by atoms with Crippen molar-refractivity contribution in [2.24, 2.45) is 0 Å². The number of hydrogen-bond acceptors (Lipinski definition) is 3. The Bertz CT molecular complexity index is 857. The summed E-state index contributed by atoms with van der Waals surface area (Å²) in [4.78, 5) is 7.46. The molecule has 0 aliphatic rings. The number of aromatic hydroxyl groups is 1. The summed E-state index contributed by atoms with van der Waals surface area (Å²) < 4.78 is 0. The standard InChI is InChI=1S/C16H10ClN3O/c17-12-5-6-15(21)10(8-12)7-11(9-18)16-19-13-3-1-2-4-14(13)20-16/h1-8,21H,(H,19,20). The van der Waals surface area contributed by atoms with Gasteiger partial charge in [-0.25, -0.2) is 4.98 Å². The van der Waals surface area contributed by atoms with Gasteiger partial charge in [-0.3, -0.25) is 0 Å². The molecule has 102 valence electrons. The molecular formula is C16H10ClN3O. The molecule has 0 spiro atoms. The summed E-state index contributed by atoms with van der Waals surface area (Å²) >= 11 is 5.91. The highest BCUT2D eigenvalue weighted by molar-refractivity contribution is 6.30. The highest BCUT2D eigenvalue weighted by Crippen LogP contribution is 2.26. The summed E-state index contributed by atoms with van der Waals surface area (Å²) in [5.41, 5.74) is 2.43. The van der Waals surface area contributed by atoms with Crippen LogP contribution in [0.4, 0.5) is 0 Å². The van der Waals surface area contributed by atoms with Crippen LogP contribution in [0.3, 0.4) is 0 Å². The van der Waals surface area contributed by atoms with E-state index in [1.165, 1.54) is 6.07 Å². The van der Waals surface area contributed by atoms with Crippen LogP contribution in [0, 0.1) is 11.3 Å². The minimum absolute atomic E-state index is 0.0586. The first kappa shape index (κ1) is 13.2. The van der Waals surface area contributed by atoms with E-state index in [-0.39, 0.29) is 5.75 Å². The van der Waals surface area contributed by atoms with Gasteiger partial charge in [-0.2, -0.15) is 5.26 Å². The van der Waals surface area contributed by atoms with Gasteiger partial charge in [0.25, 0.3) is 0 Å². The maximum Gasteiger partial charge on any atom is 0.149 e. The van der Waals surface area contributed by atoms with Gasteiger partial charge < -0.3 is 10.1 Å². The van der Waals surface area contributed by atoms with Gasteiger partial charge in [0, 0.05) is 10.6 Å². The second-order valence-electron chi connectivity index (χ2n) is 4.48. The van der Waals surface area contributed by atoms with E-state index in [0.717, 1.165) is 11.0 Å². The number of imidazole rings is 1. The Balaban J connectivity index is 2.11. The molecule has 0 aliphatic heterocycles. The second kappa shape index (κ2) is 5.31. The molecule has 0 amide bonds. The highest BCUT2D eigenvalue weighted by Gasteiger charge is 2.09. The van der Waals surface area contributed by atoms with Crippen LogP contribution in [-0.2, 0) is 0 Å². The third-order valence-electron chi connectivity index (χ3n) is 3.05. The van der Waals surface area contributed by atoms with Crippen molar-refractivity contribution in [3.63, 3.8) is 0 Å². The molecule has 0 saturated heterocycles. The predicted octanol–water partition coefficient (Wildman–Crippen LogP) is 3.99. The molecule has 0 aliphatic carbocycles. The fraction of sp³-hybridized carbons (Fsp3) is 0. The van der Waals surface area contributed by atoms with E-state index in [1.54, 1.807) is 18.2 Å². The van der Waals surface area contributed by atoms with Crippen LogP contribution in [0.15, 0.2) is 42.5 Å². The molecule has 5 heteroatoms. The van der Waals surface area contributed by atoms with E-state index in [1.807, 2.05) is 24.3 Å². The molecule has 2 N–H and O–H groups in total. The van der Waals surface area contributed by atoms with E-state index in [9.17, 15) is 10.4 Å². The molecule has 1 heterocycles. The molecule has 1 aromatic heterocycles. The zero-order valence-corrected chi connectivity index (χ0v) is 11.6. The predicted molar refractivity (Wildman–Crippen MR) is 82.7 cm³/mol. The largest absolute Gasteiger partial charge is 0.507 e. The van der Waals surface area contributed by atoms with Gasteiger partial charge in [0.1, 0.15) is 17.6 Å². The monoisotopic (exact) mass is 295 g/mol. The van der Waals surface area contributed by atoms with Crippen molar-refractivity contribution in [1.29, 1.82) is 5.26 Å². The fourth-order valence-corrected chi connectivity index (χ4v) is 2.21. The van der Waals surface area contributed by atoms with Crippen molar-refractivity contribution in [3.05, 3.63) is 58.9 Å². The highest BCUT2D eigenvalue weighted by atomic mass is 35.5. The Morgan fingerprint density at radius 1 is 1.29 bits per heavy atom. The van der Waals surface area contributed by atoms with Crippen LogP contribution in [0.25, 0.3) is 22.7 Å². The zero-order chi connectivity index (χ0) is 14.8.